The third kappa shape index (κ3) is 6.35. The number of ether oxygens (including phenoxy) is 1. The normalized spacial score (nSPS) is 24.1. The van der Waals surface area contributed by atoms with Gasteiger partial charge >= 0.3 is 0 Å². The summed E-state index contributed by atoms with van der Waals surface area (Å²) < 4.78 is 88.6. The van der Waals surface area contributed by atoms with Crippen LogP contribution in [0.5, 0.6) is 5.75 Å². The molecule has 0 aromatic heterocycles. The molecule has 0 bridgehead atoms. The first kappa shape index (κ1) is 27.6. The number of benzene rings is 2. The zero-order valence-corrected chi connectivity index (χ0v) is 21.2. The van der Waals surface area contributed by atoms with Gasteiger partial charge in [-0.15, -0.1) is 0 Å². The Morgan fingerprint density at radius 1 is 0.757 bits per heavy atom. The van der Waals surface area contributed by atoms with E-state index in [4.69, 9.17) is 4.74 Å². The van der Waals surface area contributed by atoms with Crippen molar-refractivity contribution in [2.45, 2.75) is 77.0 Å². The van der Waals surface area contributed by atoms with Crippen LogP contribution in [-0.2, 0) is 0 Å². The Kier molecular flexibility index (Phi) is 9.25. The highest BCUT2D eigenvalue weighted by Crippen LogP contribution is 2.45. The van der Waals surface area contributed by atoms with Gasteiger partial charge in [0.1, 0.15) is 0 Å². The number of halogens is 6. The van der Waals surface area contributed by atoms with Gasteiger partial charge in [0.05, 0.1) is 6.61 Å². The molecule has 0 aliphatic heterocycles. The molecule has 4 rings (SSSR count). The van der Waals surface area contributed by atoms with E-state index >= 15 is 8.78 Å². The predicted octanol–water partition coefficient (Wildman–Crippen LogP) is 9.95. The molecule has 7 heteroatoms. The summed E-state index contributed by atoms with van der Waals surface area (Å²) in [6, 6.07) is 5.27. The summed E-state index contributed by atoms with van der Waals surface area (Å²) in [7, 11) is 0. The summed E-state index contributed by atoms with van der Waals surface area (Å²) in [4.78, 5) is 0. The van der Waals surface area contributed by atoms with Crippen molar-refractivity contribution in [1.29, 1.82) is 0 Å². The summed E-state index contributed by atoms with van der Waals surface area (Å²) in [6.45, 7) is 1.79. The first-order valence-electron chi connectivity index (χ1n) is 13.4. The Bertz CT molecular complexity index is 1090. The van der Waals surface area contributed by atoms with Gasteiger partial charge in [-0.2, -0.15) is 13.2 Å². The van der Waals surface area contributed by atoms with E-state index < -0.39 is 29.3 Å². The van der Waals surface area contributed by atoms with E-state index in [2.05, 4.69) is 0 Å². The molecule has 0 unspecified atom stereocenters. The summed E-state index contributed by atoms with van der Waals surface area (Å²) in [5.41, 5.74) is -0.353. The molecule has 2 aromatic carbocycles. The molecular formula is C30H34F6O. The first-order valence-corrected chi connectivity index (χ1v) is 13.4. The largest absolute Gasteiger partial charge is 0.491 e. The van der Waals surface area contributed by atoms with E-state index in [1.54, 1.807) is 6.92 Å². The molecule has 2 fully saturated rings. The second-order valence-corrected chi connectivity index (χ2v) is 10.5. The number of hydrogen-bond acceptors (Lipinski definition) is 1. The molecule has 37 heavy (non-hydrogen) atoms. The van der Waals surface area contributed by atoms with Crippen molar-refractivity contribution in [2.75, 3.05) is 6.61 Å². The molecule has 0 heterocycles. The maximum absolute atomic E-state index is 15.1. The second-order valence-electron chi connectivity index (χ2n) is 10.5. The van der Waals surface area contributed by atoms with Crippen molar-refractivity contribution in [3.05, 3.63) is 65.3 Å². The molecule has 2 saturated carbocycles. The van der Waals surface area contributed by atoms with E-state index in [1.165, 1.54) is 24.3 Å². The molecule has 2 aliphatic rings. The lowest BCUT2D eigenvalue weighted by Gasteiger charge is -2.38. The highest BCUT2D eigenvalue weighted by Gasteiger charge is 2.33. The Morgan fingerprint density at radius 3 is 1.92 bits per heavy atom. The Morgan fingerprint density at radius 2 is 1.32 bits per heavy atom. The third-order valence-corrected chi connectivity index (χ3v) is 8.39. The predicted molar refractivity (Wildman–Crippen MR) is 133 cm³/mol. The molecule has 1 nitrogen and oxygen atoms in total. The topological polar surface area (TPSA) is 9.23 Å². The molecular weight excluding hydrogens is 490 g/mol. The summed E-state index contributed by atoms with van der Waals surface area (Å²) in [5, 5.41) is 0. The molecule has 2 aliphatic carbocycles. The Labute approximate surface area is 214 Å². The van der Waals surface area contributed by atoms with Crippen LogP contribution in [0.4, 0.5) is 26.3 Å². The zero-order chi connectivity index (χ0) is 26.5. The van der Waals surface area contributed by atoms with Gasteiger partial charge in [-0.1, -0.05) is 25.0 Å². The number of allylic oxidation sites excluding steroid dienone is 1. The van der Waals surface area contributed by atoms with Crippen LogP contribution >= 0.6 is 0 Å². The van der Waals surface area contributed by atoms with Crippen molar-refractivity contribution in [3.63, 3.8) is 0 Å². The SMILES string of the molecule is CCOc1ccc(-c2ccc(C3CCC(C4CCC(CCC=C(F)F)CC4)CC3)c(F)c2F)c(F)c1F. The highest BCUT2D eigenvalue weighted by molar-refractivity contribution is 5.66. The Hall–Kier alpha value is -2.44. The Balaban J connectivity index is 1.37. The highest BCUT2D eigenvalue weighted by atomic mass is 19.3. The number of rotatable bonds is 8. The summed E-state index contributed by atoms with van der Waals surface area (Å²) in [6.07, 6.45) is 8.38. The van der Waals surface area contributed by atoms with Gasteiger partial charge in [-0.3, -0.25) is 0 Å². The lowest BCUT2D eigenvalue weighted by molar-refractivity contribution is 0.156. The quantitative estimate of drug-likeness (QED) is 0.312. The van der Waals surface area contributed by atoms with Gasteiger partial charge in [0, 0.05) is 11.1 Å². The van der Waals surface area contributed by atoms with Crippen LogP contribution in [0.2, 0.25) is 0 Å². The molecule has 0 radical (unpaired) electrons. The van der Waals surface area contributed by atoms with Crippen molar-refractivity contribution in [2.24, 2.45) is 17.8 Å². The molecule has 0 saturated heterocycles. The molecule has 2 aromatic rings. The fourth-order valence-corrected chi connectivity index (χ4v) is 6.37. The van der Waals surface area contributed by atoms with Crippen molar-refractivity contribution < 1.29 is 31.1 Å². The summed E-state index contributed by atoms with van der Waals surface area (Å²) >= 11 is 0. The zero-order valence-electron chi connectivity index (χ0n) is 21.2. The third-order valence-electron chi connectivity index (χ3n) is 8.39. The van der Waals surface area contributed by atoms with Crippen molar-refractivity contribution >= 4 is 0 Å². The van der Waals surface area contributed by atoms with Gasteiger partial charge < -0.3 is 4.74 Å². The van der Waals surface area contributed by atoms with Crippen molar-refractivity contribution in [1.82, 2.24) is 0 Å². The molecule has 0 spiro atoms. The van der Waals surface area contributed by atoms with Gasteiger partial charge in [-0.05, 0) is 106 Å². The molecule has 0 amide bonds. The van der Waals surface area contributed by atoms with Crippen LogP contribution in [0, 0.1) is 41.0 Å². The number of hydrogen-bond donors (Lipinski definition) is 0. The minimum absolute atomic E-state index is 0.111. The van der Waals surface area contributed by atoms with Crippen LogP contribution in [0.25, 0.3) is 11.1 Å². The smallest absolute Gasteiger partial charge is 0.266 e. The second kappa shape index (κ2) is 12.4. The fourth-order valence-electron chi connectivity index (χ4n) is 6.37. The van der Waals surface area contributed by atoms with Crippen LogP contribution in [0.3, 0.4) is 0 Å². The lowest BCUT2D eigenvalue weighted by atomic mass is 9.68. The van der Waals surface area contributed by atoms with E-state index in [-0.39, 0.29) is 29.4 Å². The van der Waals surface area contributed by atoms with Crippen LogP contribution in [-0.4, -0.2) is 6.61 Å². The molecule has 202 valence electrons. The van der Waals surface area contributed by atoms with Crippen molar-refractivity contribution in [3.8, 4) is 16.9 Å². The molecule has 0 atom stereocenters. The monoisotopic (exact) mass is 524 g/mol. The van der Waals surface area contributed by atoms with E-state index in [0.29, 0.717) is 29.7 Å². The van der Waals surface area contributed by atoms with Gasteiger partial charge in [0.15, 0.2) is 23.2 Å². The minimum Gasteiger partial charge on any atom is -0.491 e. The molecule has 0 N–H and O–H groups in total. The first-order chi connectivity index (χ1) is 17.8. The van der Waals surface area contributed by atoms with Gasteiger partial charge in [0.2, 0.25) is 5.82 Å². The van der Waals surface area contributed by atoms with Gasteiger partial charge in [0.25, 0.3) is 6.08 Å². The van der Waals surface area contributed by atoms with Crippen LogP contribution < -0.4 is 4.74 Å². The van der Waals surface area contributed by atoms with E-state index in [0.717, 1.165) is 63.9 Å². The average molecular weight is 525 g/mol. The van der Waals surface area contributed by atoms with Crippen LogP contribution in [0.1, 0.15) is 82.6 Å². The summed E-state index contributed by atoms with van der Waals surface area (Å²) in [5.74, 6) is -3.36. The van der Waals surface area contributed by atoms with Crippen LogP contribution in [0.15, 0.2) is 36.4 Å². The minimum atomic E-state index is -1.60. The maximum Gasteiger partial charge on any atom is 0.266 e. The standard InChI is InChI=1S/C30H34F6O/c1-2-37-25-17-16-24(29(35)30(25)36)23-15-14-22(27(33)28(23)34)21-12-10-20(11-13-21)19-8-6-18(7-9-19)4-3-5-26(31)32/h5,14-21H,2-4,6-13H2,1H3. The average Bonchev–Trinajstić information content (AvgIpc) is 2.89. The van der Waals surface area contributed by atoms with E-state index in [9.17, 15) is 17.6 Å². The van der Waals surface area contributed by atoms with E-state index in [1.807, 2.05) is 0 Å². The maximum atomic E-state index is 15.1. The fraction of sp³-hybridized carbons (Fsp3) is 0.533. The lowest BCUT2D eigenvalue weighted by Crippen LogP contribution is -2.25. The van der Waals surface area contributed by atoms with Gasteiger partial charge in [-0.25, -0.2) is 13.2 Å².